The lowest BCUT2D eigenvalue weighted by atomic mass is 10.1. The molecule has 1 atom stereocenters. The normalized spacial score (nSPS) is 12.7. The molecule has 1 aromatic heterocycles. The molecule has 0 saturated heterocycles. The third-order valence-corrected chi connectivity index (χ3v) is 5.58. The van der Waals surface area contributed by atoms with E-state index < -0.39 is 6.10 Å². The molecule has 90 valence electrons. The van der Waals surface area contributed by atoms with Crippen molar-refractivity contribution in [3.05, 3.63) is 50.1 Å². The van der Waals surface area contributed by atoms with E-state index in [1.165, 1.54) is 5.56 Å². The molecule has 0 saturated carbocycles. The molecule has 1 aromatic carbocycles. The maximum absolute atomic E-state index is 10.4. The Kier molecular flexibility index (Phi) is 4.31. The minimum Gasteiger partial charge on any atom is -0.383 e. The second-order valence-electron chi connectivity index (χ2n) is 3.75. The first kappa shape index (κ1) is 13.1. The Balaban J connectivity index is 2.39. The molecule has 1 heterocycles. The number of aliphatic hydroxyl groups excluding tert-OH is 1. The van der Waals surface area contributed by atoms with Crippen LogP contribution in [0.3, 0.4) is 0 Å². The summed E-state index contributed by atoms with van der Waals surface area (Å²) in [6.07, 6.45) is 1.50. The molecule has 0 amide bonds. The van der Waals surface area contributed by atoms with E-state index in [1.807, 2.05) is 43.5 Å². The van der Waals surface area contributed by atoms with E-state index >= 15 is 0 Å². The molecule has 0 bridgehead atoms. The third kappa shape index (κ3) is 2.76. The predicted octanol–water partition coefficient (Wildman–Crippen LogP) is 4.62. The highest BCUT2D eigenvalue weighted by molar-refractivity contribution is 9.11. The van der Waals surface area contributed by atoms with E-state index in [4.69, 9.17) is 0 Å². The Labute approximate surface area is 118 Å². The van der Waals surface area contributed by atoms with Crippen LogP contribution in [0.15, 0.2) is 39.0 Å². The summed E-state index contributed by atoms with van der Waals surface area (Å²) in [4.78, 5) is 2.11. The van der Waals surface area contributed by atoms with E-state index in [1.54, 1.807) is 23.1 Å². The molecule has 0 fully saturated rings. The number of rotatable bonds is 3. The third-order valence-electron chi connectivity index (χ3n) is 2.58. The molecule has 1 N–H and O–H groups in total. The van der Waals surface area contributed by atoms with Crippen LogP contribution in [0.25, 0.3) is 0 Å². The fourth-order valence-corrected chi connectivity index (χ4v) is 3.87. The summed E-state index contributed by atoms with van der Waals surface area (Å²) in [6, 6.07) is 10.0. The lowest BCUT2D eigenvalue weighted by Crippen LogP contribution is -1.98. The van der Waals surface area contributed by atoms with Crippen LogP contribution in [0.4, 0.5) is 0 Å². The van der Waals surface area contributed by atoms with E-state index in [9.17, 15) is 5.11 Å². The van der Waals surface area contributed by atoms with Crippen molar-refractivity contribution in [2.45, 2.75) is 17.9 Å². The Bertz CT molecular complexity index is 502. The van der Waals surface area contributed by atoms with Gasteiger partial charge in [0.2, 0.25) is 0 Å². The van der Waals surface area contributed by atoms with Crippen LogP contribution in [-0.2, 0) is 0 Å². The lowest BCUT2D eigenvalue weighted by Gasteiger charge is -2.12. The summed E-state index contributed by atoms with van der Waals surface area (Å²) in [5.74, 6) is 0. The van der Waals surface area contributed by atoms with Gasteiger partial charge in [-0.25, -0.2) is 0 Å². The zero-order valence-corrected chi connectivity index (χ0v) is 12.8. The number of halogens is 1. The second kappa shape index (κ2) is 5.57. The van der Waals surface area contributed by atoms with Gasteiger partial charge in [-0.3, -0.25) is 0 Å². The van der Waals surface area contributed by atoms with Crippen LogP contribution in [0, 0.1) is 6.92 Å². The maximum Gasteiger partial charge on any atom is 0.114 e. The highest BCUT2D eigenvalue weighted by Gasteiger charge is 2.17. The molecule has 0 aliphatic rings. The van der Waals surface area contributed by atoms with Crippen LogP contribution in [0.5, 0.6) is 0 Å². The highest BCUT2D eigenvalue weighted by atomic mass is 79.9. The molecule has 0 radical (unpaired) electrons. The van der Waals surface area contributed by atoms with Gasteiger partial charge in [0.1, 0.15) is 6.10 Å². The standard InChI is InChI=1S/C13H13BrOS2/c1-8-7-11(17-13(8)14)12(15)9-5-3-4-6-10(9)16-2/h3-7,12,15H,1-2H3. The number of benzene rings is 1. The lowest BCUT2D eigenvalue weighted by molar-refractivity contribution is 0.221. The summed E-state index contributed by atoms with van der Waals surface area (Å²) in [6.45, 7) is 2.04. The summed E-state index contributed by atoms with van der Waals surface area (Å²) in [5, 5.41) is 10.4. The van der Waals surface area contributed by atoms with Crippen molar-refractivity contribution in [1.29, 1.82) is 0 Å². The average Bonchev–Trinajstić information content (AvgIpc) is 2.68. The average molecular weight is 329 g/mol. The van der Waals surface area contributed by atoms with Gasteiger partial charge in [-0.1, -0.05) is 18.2 Å². The van der Waals surface area contributed by atoms with Crippen LogP contribution in [-0.4, -0.2) is 11.4 Å². The van der Waals surface area contributed by atoms with Gasteiger partial charge in [0.15, 0.2) is 0 Å². The molecule has 2 rings (SSSR count). The SMILES string of the molecule is CSc1ccccc1C(O)c1cc(C)c(Br)s1. The maximum atomic E-state index is 10.4. The minimum absolute atomic E-state index is 0.534. The zero-order valence-electron chi connectivity index (χ0n) is 9.61. The Morgan fingerprint density at radius 2 is 2.06 bits per heavy atom. The van der Waals surface area contributed by atoms with Crippen molar-refractivity contribution < 1.29 is 5.11 Å². The van der Waals surface area contributed by atoms with Gasteiger partial charge in [-0.05, 0) is 52.4 Å². The quantitative estimate of drug-likeness (QED) is 0.829. The van der Waals surface area contributed by atoms with Crippen molar-refractivity contribution in [1.82, 2.24) is 0 Å². The molecule has 4 heteroatoms. The van der Waals surface area contributed by atoms with Crippen molar-refractivity contribution in [3.8, 4) is 0 Å². The largest absolute Gasteiger partial charge is 0.383 e. The summed E-state index contributed by atoms with van der Waals surface area (Å²) in [7, 11) is 0. The van der Waals surface area contributed by atoms with Gasteiger partial charge in [0.25, 0.3) is 0 Å². The number of aliphatic hydroxyl groups is 1. The van der Waals surface area contributed by atoms with Gasteiger partial charge in [-0.15, -0.1) is 23.1 Å². The van der Waals surface area contributed by atoms with E-state index in [0.717, 1.165) is 19.1 Å². The molecular weight excluding hydrogens is 316 g/mol. The predicted molar refractivity (Wildman–Crippen MR) is 79.0 cm³/mol. The van der Waals surface area contributed by atoms with Crippen molar-refractivity contribution in [2.75, 3.05) is 6.26 Å². The molecule has 1 nitrogen and oxygen atoms in total. The Morgan fingerprint density at radius 1 is 1.35 bits per heavy atom. The van der Waals surface area contributed by atoms with Gasteiger partial charge in [-0.2, -0.15) is 0 Å². The Hall–Kier alpha value is -0.290. The van der Waals surface area contributed by atoms with E-state index in [2.05, 4.69) is 15.9 Å². The first-order chi connectivity index (χ1) is 8.13. The van der Waals surface area contributed by atoms with Crippen molar-refractivity contribution >= 4 is 39.0 Å². The van der Waals surface area contributed by atoms with E-state index in [0.29, 0.717) is 0 Å². The van der Waals surface area contributed by atoms with Crippen LogP contribution < -0.4 is 0 Å². The monoisotopic (exact) mass is 328 g/mol. The van der Waals surface area contributed by atoms with Gasteiger partial charge in [0, 0.05) is 9.77 Å². The number of hydrogen-bond acceptors (Lipinski definition) is 3. The molecular formula is C13H13BrOS2. The Morgan fingerprint density at radius 3 is 2.65 bits per heavy atom. The van der Waals surface area contributed by atoms with Crippen LogP contribution in [0.1, 0.15) is 22.1 Å². The van der Waals surface area contributed by atoms with Crippen LogP contribution >= 0.6 is 39.0 Å². The summed E-state index contributed by atoms with van der Waals surface area (Å²) < 4.78 is 1.09. The van der Waals surface area contributed by atoms with Gasteiger partial charge in [0.05, 0.1) is 3.79 Å². The fourth-order valence-electron chi connectivity index (χ4n) is 1.66. The van der Waals surface area contributed by atoms with Crippen molar-refractivity contribution in [2.24, 2.45) is 0 Å². The number of hydrogen-bond donors (Lipinski definition) is 1. The van der Waals surface area contributed by atoms with E-state index in [-0.39, 0.29) is 0 Å². The number of aryl methyl sites for hydroxylation is 1. The van der Waals surface area contributed by atoms with Crippen LogP contribution in [0.2, 0.25) is 0 Å². The zero-order chi connectivity index (χ0) is 12.4. The first-order valence-corrected chi connectivity index (χ1v) is 8.03. The van der Waals surface area contributed by atoms with Crippen molar-refractivity contribution in [3.63, 3.8) is 0 Å². The highest BCUT2D eigenvalue weighted by Crippen LogP contribution is 2.36. The summed E-state index contributed by atoms with van der Waals surface area (Å²) >= 11 is 6.75. The number of thioether (sulfide) groups is 1. The fraction of sp³-hybridized carbons (Fsp3) is 0.231. The molecule has 2 aromatic rings. The first-order valence-electron chi connectivity index (χ1n) is 5.20. The number of thiophene rings is 1. The second-order valence-corrected chi connectivity index (χ2v) is 7.00. The smallest absolute Gasteiger partial charge is 0.114 e. The topological polar surface area (TPSA) is 20.2 Å². The van der Waals surface area contributed by atoms with Gasteiger partial charge >= 0.3 is 0 Å². The minimum atomic E-state index is -0.534. The molecule has 0 spiro atoms. The molecule has 1 unspecified atom stereocenters. The molecule has 0 aliphatic heterocycles. The van der Waals surface area contributed by atoms with Gasteiger partial charge < -0.3 is 5.11 Å². The molecule has 0 aliphatic carbocycles. The molecule has 17 heavy (non-hydrogen) atoms. The summed E-state index contributed by atoms with van der Waals surface area (Å²) in [5.41, 5.74) is 2.15.